The van der Waals surface area contributed by atoms with Crippen LogP contribution in [0.4, 0.5) is 0 Å². The molecule has 3 N–H and O–H groups in total. The Morgan fingerprint density at radius 1 is 1.24 bits per heavy atom. The number of nitrogens with two attached hydrogens (primary N) is 1. The van der Waals surface area contributed by atoms with E-state index < -0.39 is 0 Å². The first-order valence-electron chi connectivity index (χ1n) is 7.01. The lowest BCUT2D eigenvalue weighted by molar-refractivity contribution is -0.0589. The number of aliphatic hydroxyl groups excluding tert-OH is 1. The molecule has 2 aliphatic rings. The predicted molar refractivity (Wildman–Crippen MR) is 67.8 cm³/mol. The van der Waals surface area contributed by atoms with E-state index in [4.69, 9.17) is 10.5 Å². The van der Waals surface area contributed by atoms with Crippen molar-refractivity contribution in [2.75, 3.05) is 32.9 Å². The maximum absolute atomic E-state index is 9.47. The Hall–Kier alpha value is -0.160. The summed E-state index contributed by atoms with van der Waals surface area (Å²) in [7, 11) is 0. The summed E-state index contributed by atoms with van der Waals surface area (Å²) in [4.78, 5) is 2.46. The van der Waals surface area contributed by atoms with Crippen molar-refractivity contribution in [3.05, 3.63) is 0 Å². The van der Waals surface area contributed by atoms with Crippen LogP contribution in [0.2, 0.25) is 0 Å². The van der Waals surface area contributed by atoms with E-state index in [0.29, 0.717) is 18.6 Å². The average molecular weight is 242 g/mol. The van der Waals surface area contributed by atoms with Gasteiger partial charge < -0.3 is 15.6 Å². The lowest BCUT2D eigenvalue weighted by atomic mass is 9.92. The van der Waals surface area contributed by atoms with Crippen molar-refractivity contribution < 1.29 is 9.84 Å². The van der Waals surface area contributed by atoms with Gasteiger partial charge in [-0.3, -0.25) is 4.90 Å². The minimum atomic E-state index is 0.181. The highest BCUT2D eigenvalue weighted by Crippen LogP contribution is 2.29. The zero-order valence-corrected chi connectivity index (χ0v) is 10.7. The highest BCUT2D eigenvalue weighted by Gasteiger charge is 2.33. The fourth-order valence-electron chi connectivity index (χ4n) is 3.34. The summed E-state index contributed by atoms with van der Waals surface area (Å²) in [5.41, 5.74) is 5.94. The molecule has 4 nitrogen and oxygen atoms in total. The Balaban J connectivity index is 2.04. The molecule has 17 heavy (non-hydrogen) atoms. The van der Waals surface area contributed by atoms with Crippen LogP contribution < -0.4 is 5.73 Å². The molecular formula is C13H26N2O2. The second-order valence-electron chi connectivity index (χ2n) is 5.35. The van der Waals surface area contributed by atoms with E-state index in [-0.39, 0.29) is 12.6 Å². The lowest BCUT2D eigenvalue weighted by Gasteiger charge is -2.43. The average Bonchev–Trinajstić information content (AvgIpc) is 2.63. The molecule has 3 unspecified atom stereocenters. The number of hydrogen-bond donors (Lipinski definition) is 2. The Labute approximate surface area is 104 Å². The molecule has 2 rings (SSSR count). The van der Waals surface area contributed by atoms with Crippen LogP contribution in [0.25, 0.3) is 0 Å². The van der Waals surface area contributed by atoms with Crippen LogP contribution in [-0.2, 0) is 4.74 Å². The predicted octanol–water partition coefficient (Wildman–Crippen LogP) is 0.587. The largest absolute Gasteiger partial charge is 0.395 e. The van der Waals surface area contributed by atoms with Crippen molar-refractivity contribution >= 4 is 0 Å². The Morgan fingerprint density at radius 2 is 2.06 bits per heavy atom. The number of nitrogens with zero attached hydrogens (tertiary/aromatic N) is 1. The molecule has 4 heteroatoms. The van der Waals surface area contributed by atoms with E-state index in [2.05, 4.69) is 4.90 Å². The fourth-order valence-corrected chi connectivity index (χ4v) is 3.34. The van der Waals surface area contributed by atoms with Crippen LogP contribution in [-0.4, -0.2) is 55.0 Å². The molecule has 0 spiro atoms. The standard InChI is InChI=1S/C13H26N2O2/c14-8-11-4-2-1-3-5-13(11)15-6-7-17-10-12(15)9-16/h11-13,16H,1-10,14H2. The van der Waals surface area contributed by atoms with Crippen molar-refractivity contribution in [2.24, 2.45) is 11.7 Å². The smallest absolute Gasteiger partial charge is 0.0644 e. The minimum Gasteiger partial charge on any atom is -0.395 e. The molecule has 1 heterocycles. The number of aliphatic hydroxyl groups is 1. The van der Waals surface area contributed by atoms with Gasteiger partial charge in [-0.25, -0.2) is 0 Å². The van der Waals surface area contributed by atoms with Crippen molar-refractivity contribution in [3.8, 4) is 0 Å². The van der Waals surface area contributed by atoms with E-state index in [0.717, 1.165) is 19.7 Å². The van der Waals surface area contributed by atoms with Gasteiger partial charge in [0.25, 0.3) is 0 Å². The summed E-state index contributed by atoms with van der Waals surface area (Å²) in [6.45, 7) is 3.40. The van der Waals surface area contributed by atoms with Gasteiger partial charge in [0.2, 0.25) is 0 Å². The van der Waals surface area contributed by atoms with Gasteiger partial charge in [-0.2, -0.15) is 0 Å². The fraction of sp³-hybridized carbons (Fsp3) is 1.00. The number of morpholine rings is 1. The molecule has 0 amide bonds. The van der Waals surface area contributed by atoms with E-state index in [1.807, 2.05) is 0 Å². The van der Waals surface area contributed by atoms with Gasteiger partial charge in [0, 0.05) is 12.6 Å². The van der Waals surface area contributed by atoms with Gasteiger partial charge in [-0.15, -0.1) is 0 Å². The summed E-state index contributed by atoms with van der Waals surface area (Å²) in [5.74, 6) is 0.602. The topological polar surface area (TPSA) is 58.7 Å². The van der Waals surface area contributed by atoms with E-state index in [1.165, 1.54) is 32.1 Å². The molecule has 1 aliphatic heterocycles. The van der Waals surface area contributed by atoms with Crippen molar-refractivity contribution in [2.45, 2.75) is 44.2 Å². The first-order chi connectivity index (χ1) is 8.36. The SMILES string of the molecule is NCC1CCCCCC1N1CCOCC1CO. The Morgan fingerprint density at radius 3 is 2.82 bits per heavy atom. The molecule has 3 atom stereocenters. The summed E-state index contributed by atoms with van der Waals surface area (Å²) in [6, 6.07) is 0.740. The molecule has 2 fully saturated rings. The summed E-state index contributed by atoms with van der Waals surface area (Å²) in [5, 5.41) is 9.47. The van der Waals surface area contributed by atoms with Gasteiger partial charge in [-0.1, -0.05) is 19.3 Å². The third-order valence-corrected chi connectivity index (χ3v) is 4.33. The minimum absolute atomic E-state index is 0.181. The van der Waals surface area contributed by atoms with Gasteiger partial charge in [0.1, 0.15) is 0 Å². The maximum Gasteiger partial charge on any atom is 0.0644 e. The molecule has 0 aromatic carbocycles. The summed E-state index contributed by atoms with van der Waals surface area (Å²) in [6.07, 6.45) is 6.43. The van der Waals surface area contributed by atoms with Crippen LogP contribution in [0.3, 0.4) is 0 Å². The Kier molecular flexibility index (Phi) is 5.22. The van der Waals surface area contributed by atoms with E-state index in [9.17, 15) is 5.11 Å². The van der Waals surface area contributed by atoms with Gasteiger partial charge >= 0.3 is 0 Å². The third-order valence-electron chi connectivity index (χ3n) is 4.33. The van der Waals surface area contributed by atoms with Crippen LogP contribution in [0.1, 0.15) is 32.1 Å². The molecule has 1 saturated carbocycles. The number of ether oxygens (including phenoxy) is 1. The van der Waals surface area contributed by atoms with Gasteiger partial charge in [-0.05, 0) is 25.3 Å². The maximum atomic E-state index is 9.47. The highest BCUT2D eigenvalue weighted by molar-refractivity contribution is 4.87. The molecule has 1 saturated heterocycles. The lowest BCUT2D eigenvalue weighted by Crippen LogP contribution is -2.55. The van der Waals surface area contributed by atoms with Crippen LogP contribution in [0.15, 0.2) is 0 Å². The molecule has 100 valence electrons. The quantitative estimate of drug-likeness (QED) is 0.711. The van der Waals surface area contributed by atoms with Crippen LogP contribution >= 0.6 is 0 Å². The molecule has 0 aromatic rings. The zero-order chi connectivity index (χ0) is 12.1. The second-order valence-corrected chi connectivity index (χ2v) is 5.35. The van der Waals surface area contributed by atoms with Crippen molar-refractivity contribution in [1.82, 2.24) is 4.90 Å². The second kappa shape index (κ2) is 6.69. The van der Waals surface area contributed by atoms with E-state index >= 15 is 0 Å². The molecule has 1 aliphatic carbocycles. The molecular weight excluding hydrogens is 216 g/mol. The normalized spacial score (nSPS) is 36.7. The highest BCUT2D eigenvalue weighted by atomic mass is 16.5. The zero-order valence-electron chi connectivity index (χ0n) is 10.7. The van der Waals surface area contributed by atoms with Crippen molar-refractivity contribution in [3.63, 3.8) is 0 Å². The first-order valence-corrected chi connectivity index (χ1v) is 7.01. The first kappa shape index (κ1) is 13.3. The van der Waals surface area contributed by atoms with Gasteiger partial charge in [0.05, 0.1) is 25.9 Å². The number of hydrogen-bond acceptors (Lipinski definition) is 4. The molecule has 0 radical (unpaired) electrons. The molecule has 0 aromatic heterocycles. The summed E-state index contributed by atoms with van der Waals surface area (Å²) < 4.78 is 5.46. The van der Waals surface area contributed by atoms with Crippen LogP contribution in [0, 0.1) is 5.92 Å². The van der Waals surface area contributed by atoms with Crippen LogP contribution in [0.5, 0.6) is 0 Å². The summed E-state index contributed by atoms with van der Waals surface area (Å²) >= 11 is 0. The third kappa shape index (κ3) is 3.19. The van der Waals surface area contributed by atoms with Gasteiger partial charge in [0.15, 0.2) is 0 Å². The van der Waals surface area contributed by atoms with Crippen molar-refractivity contribution in [1.29, 1.82) is 0 Å². The number of rotatable bonds is 3. The van der Waals surface area contributed by atoms with E-state index in [1.54, 1.807) is 0 Å². The monoisotopic (exact) mass is 242 g/mol. The Bertz CT molecular complexity index is 225. The molecule has 0 bridgehead atoms.